The van der Waals surface area contributed by atoms with Gasteiger partial charge in [-0.05, 0) is 50.3 Å². The maximum Gasteiger partial charge on any atom is 0.0539 e. The van der Waals surface area contributed by atoms with E-state index in [-0.39, 0.29) is 11.0 Å². The average molecular weight is 245 g/mol. The van der Waals surface area contributed by atoms with Gasteiger partial charge in [-0.2, -0.15) is 0 Å². The molecule has 3 rings (SSSR count). The molecule has 98 valence electrons. The van der Waals surface area contributed by atoms with Crippen LogP contribution in [0, 0.1) is 5.41 Å². The van der Waals surface area contributed by atoms with Gasteiger partial charge in [0.05, 0.1) is 6.61 Å². The summed E-state index contributed by atoms with van der Waals surface area (Å²) in [6.45, 7) is 4.37. The molecule has 0 aromatic heterocycles. The van der Waals surface area contributed by atoms with E-state index in [1.165, 1.54) is 36.8 Å². The Kier molecular flexibility index (Phi) is 2.95. The number of hydrogen-bond donors (Lipinski definition) is 1. The van der Waals surface area contributed by atoms with Crippen LogP contribution in [0.5, 0.6) is 0 Å². The van der Waals surface area contributed by atoms with Gasteiger partial charge in [-0.25, -0.2) is 0 Å². The Balaban J connectivity index is 2.10. The molecule has 0 saturated carbocycles. The van der Waals surface area contributed by atoms with Crippen molar-refractivity contribution in [3.05, 3.63) is 35.4 Å². The van der Waals surface area contributed by atoms with E-state index in [1.807, 2.05) is 7.11 Å². The molecule has 1 fully saturated rings. The summed E-state index contributed by atoms with van der Waals surface area (Å²) in [5.74, 6) is 0. The van der Waals surface area contributed by atoms with E-state index in [0.717, 1.165) is 13.2 Å². The Morgan fingerprint density at radius 1 is 1.28 bits per heavy atom. The SMILES string of the molecule is COC[C@]12CCCN[C@@]1(C)c1ccccc1CC2. The van der Waals surface area contributed by atoms with Gasteiger partial charge >= 0.3 is 0 Å². The Hall–Kier alpha value is -0.860. The number of aryl methyl sites for hydroxylation is 1. The van der Waals surface area contributed by atoms with Crippen molar-refractivity contribution in [1.82, 2.24) is 5.32 Å². The van der Waals surface area contributed by atoms with Crippen LogP contribution < -0.4 is 5.32 Å². The van der Waals surface area contributed by atoms with E-state index in [0.29, 0.717) is 0 Å². The zero-order valence-electron chi connectivity index (χ0n) is 11.5. The fraction of sp³-hybridized carbons (Fsp3) is 0.625. The first-order valence-electron chi connectivity index (χ1n) is 7.04. The molecular weight excluding hydrogens is 222 g/mol. The van der Waals surface area contributed by atoms with Crippen molar-refractivity contribution < 1.29 is 4.74 Å². The average Bonchev–Trinajstić information content (AvgIpc) is 2.40. The Morgan fingerprint density at radius 2 is 2.11 bits per heavy atom. The summed E-state index contributed by atoms with van der Waals surface area (Å²) in [5, 5.41) is 3.80. The van der Waals surface area contributed by atoms with Crippen molar-refractivity contribution in [3.8, 4) is 0 Å². The second kappa shape index (κ2) is 4.36. The van der Waals surface area contributed by atoms with Crippen molar-refractivity contribution >= 4 is 0 Å². The summed E-state index contributed by atoms with van der Waals surface area (Å²) in [6, 6.07) is 8.92. The quantitative estimate of drug-likeness (QED) is 0.865. The summed E-state index contributed by atoms with van der Waals surface area (Å²) in [6.07, 6.45) is 4.97. The minimum atomic E-state index is 0.0795. The van der Waals surface area contributed by atoms with Gasteiger partial charge in [0.1, 0.15) is 0 Å². The summed E-state index contributed by atoms with van der Waals surface area (Å²) >= 11 is 0. The third-order valence-electron chi connectivity index (χ3n) is 5.22. The second-order valence-corrected chi connectivity index (χ2v) is 6.03. The van der Waals surface area contributed by atoms with Crippen LogP contribution in [0.4, 0.5) is 0 Å². The molecule has 0 amide bonds. The maximum atomic E-state index is 5.58. The van der Waals surface area contributed by atoms with E-state index in [1.54, 1.807) is 0 Å². The monoisotopic (exact) mass is 245 g/mol. The first-order chi connectivity index (χ1) is 8.72. The molecule has 1 aliphatic carbocycles. The molecule has 1 saturated heterocycles. The summed E-state index contributed by atoms with van der Waals surface area (Å²) in [7, 11) is 1.84. The number of nitrogens with one attached hydrogen (secondary N) is 1. The van der Waals surface area contributed by atoms with Crippen LogP contribution in [0.2, 0.25) is 0 Å². The fourth-order valence-electron chi connectivity index (χ4n) is 4.12. The molecule has 2 heteroatoms. The largest absolute Gasteiger partial charge is 0.384 e. The number of hydrogen-bond acceptors (Lipinski definition) is 2. The normalized spacial score (nSPS) is 34.8. The lowest BCUT2D eigenvalue weighted by molar-refractivity contribution is -0.0387. The summed E-state index contributed by atoms with van der Waals surface area (Å²) < 4.78 is 5.58. The molecule has 1 N–H and O–H groups in total. The van der Waals surface area contributed by atoms with Gasteiger partial charge < -0.3 is 10.1 Å². The van der Waals surface area contributed by atoms with E-state index in [4.69, 9.17) is 4.74 Å². The van der Waals surface area contributed by atoms with Gasteiger partial charge in [0.25, 0.3) is 0 Å². The van der Waals surface area contributed by atoms with Crippen LogP contribution in [-0.2, 0) is 16.7 Å². The molecule has 0 spiro atoms. The zero-order valence-corrected chi connectivity index (χ0v) is 11.5. The smallest absolute Gasteiger partial charge is 0.0539 e. The topological polar surface area (TPSA) is 21.3 Å². The van der Waals surface area contributed by atoms with Crippen LogP contribution in [-0.4, -0.2) is 20.3 Å². The number of ether oxygens (including phenoxy) is 1. The second-order valence-electron chi connectivity index (χ2n) is 6.03. The zero-order chi connectivity index (χ0) is 12.6. The highest BCUT2D eigenvalue weighted by atomic mass is 16.5. The first-order valence-corrected chi connectivity index (χ1v) is 7.04. The molecule has 1 aliphatic heterocycles. The number of piperidine rings is 1. The van der Waals surface area contributed by atoms with E-state index in [9.17, 15) is 0 Å². The number of methoxy groups -OCH3 is 1. The van der Waals surface area contributed by atoms with Crippen LogP contribution in [0.3, 0.4) is 0 Å². The van der Waals surface area contributed by atoms with Crippen molar-refractivity contribution in [2.75, 3.05) is 20.3 Å². The van der Waals surface area contributed by atoms with Gasteiger partial charge in [-0.15, -0.1) is 0 Å². The number of rotatable bonds is 2. The van der Waals surface area contributed by atoms with Crippen LogP contribution >= 0.6 is 0 Å². The lowest BCUT2D eigenvalue weighted by Gasteiger charge is -2.56. The van der Waals surface area contributed by atoms with Crippen molar-refractivity contribution in [2.45, 2.75) is 38.1 Å². The summed E-state index contributed by atoms with van der Waals surface area (Å²) in [4.78, 5) is 0. The van der Waals surface area contributed by atoms with E-state index in [2.05, 4.69) is 36.5 Å². The minimum absolute atomic E-state index is 0.0795. The van der Waals surface area contributed by atoms with Crippen molar-refractivity contribution in [2.24, 2.45) is 5.41 Å². The van der Waals surface area contributed by atoms with E-state index >= 15 is 0 Å². The van der Waals surface area contributed by atoms with Gasteiger partial charge in [0.2, 0.25) is 0 Å². The molecule has 0 bridgehead atoms. The molecule has 0 unspecified atom stereocenters. The lowest BCUT2D eigenvalue weighted by atomic mass is 9.56. The molecule has 2 aliphatic rings. The highest BCUT2D eigenvalue weighted by Gasteiger charge is 2.53. The standard InChI is InChI=1S/C16H23NO/c1-15-14-7-4-3-6-13(14)8-10-16(15,12-18-2)9-5-11-17-15/h3-4,6-7,17H,5,8-12H2,1-2H3/t15-,16+/m0/s1. The van der Waals surface area contributed by atoms with Crippen molar-refractivity contribution in [1.29, 1.82) is 0 Å². The van der Waals surface area contributed by atoms with Crippen molar-refractivity contribution in [3.63, 3.8) is 0 Å². The summed E-state index contributed by atoms with van der Waals surface area (Å²) in [5.41, 5.74) is 3.36. The highest BCUT2D eigenvalue weighted by molar-refractivity contribution is 5.39. The Bertz CT molecular complexity index is 440. The maximum absolute atomic E-state index is 5.58. The molecule has 1 aromatic carbocycles. The van der Waals surface area contributed by atoms with Gasteiger partial charge in [0.15, 0.2) is 0 Å². The molecule has 2 atom stereocenters. The third kappa shape index (κ3) is 1.55. The Labute approximate surface area is 110 Å². The molecule has 1 aromatic rings. The third-order valence-corrected chi connectivity index (χ3v) is 5.22. The Morgan fingerprint density at radius 3 is 2.94 bits per heavy atom. The number of benzene rings is 1. The predicted molar refractivity (Wildman–Crippen MR) is 73.7 cm³/mol. The van der Waals surface area contributed by atoms with Gasteiger partial charge in [-0.3, -0.25) is 0 Å². The molecule has 1 heterocycles. The van der Waals surface area contributed by atoms with Crippen LogP contribution in [0.15, 0.2) is 24.3 Å². The lowest BCUT2D eigenvalue weighted by Crippen LogP contribution is -2.61. The molecule has 18 heavy (non-hydrogen) atoms. The molecule has 2 nitrogen and oxygen atoms in total. The molecular formula is C16H23NO. The van der Waals surface area contributed by atoms with E-state index < -0.39 is 0 Å². The first kappa shape index (κ1) is 12.2. The molecule has 0 radical (unpaired) electrons. The fourth-order valence-corrected chi connectivity index (χ4v) is 4.12. The van der Waals surface area contributed by atoms with Crippen LogP contribution in [0.25, 0.3) is 0 Å². The highest BCUT2D eigenvalue weighted by Crippen LogP contribution is 2.52. The van der Waals surface area contributed by atoms with Gasteiger partial charge in [0, 0.05) is 18.1 Å². The van der Waals surface area contributed by atoms with Gasteiger partial charge in [-0.1, -0.05) is 24.3 Å². The minimum Gasteiger partial charge on any atom is -0.384 e. The number of fused-ring (bicyclic) bond motifs is 3. The predicted octanol–water partition coefficient (Wildman–Crippen LogP) is 2.86. The van der Waals surface area contributed by atoms with Crippen LogP contribution in [0.1, 0.15) is 37.3 Å².